The van der Waals surface area contributed by atoms with Gasteiger partial charge in [-0.05, 0) is 104 Å². The minimum Gasteiger partial charge on any atom is -0.0654 e. The van der Waals surface area contributed by atoms with E-state index in [1.165, 1.54) is 89.9 Å². The summed E-state index contributed by atoms with van der Waals surface area (Å²) in [5, 5.41) is 0. The van der Waals surface area contributed by atoms with Crippen molar-refractivity contribution in [3.8, 4) is 0 Å². The Kier molecular flexibility index (Phi) is 12.9. The molecule has 222 valence electrons. The van der Waals surface area contributed by atoms with Crippen LogP contribution < -0.4 is 0 Å². The van der Waals surface area contributed by atoms with E-state index in [2.05, 4.69) is 34.6 Å². The maximum atomic E-state index is 2.62. The molecule has 0 spiro atoms. The SMILES string of the molecule is CCC1CCC(C)C(C2CCC(C)C2)C1.CCCCC1C(C)CC2CCCC2C1C1CCCCCCCC1. The first-order valence-corrected chi connectivity index (χ1v) is 18.5. The average molecular weight is 527 g/mol. The highest BCUT2D eigenvalue weighted by atomic mass is 14.5. The quantitative estimate of drug-likeness (QED) is 0.323. The minimum absolute atomic E-state index is 1.01. The van der Waals surface area contributed by atoms with Crippen LogP contribution in [0.3, 0.4) is 0 Å². The van der Waals surface area contributed by atoms with Crippen molar-refractivity contribution in [3.05, 3.63) is 0 Å². The van der Waals surface area contributed by atoms with E-state index < -0.39 is 0 Å². The van der Waals surface area contributed by atoms with Gasteiger partial charge in [-0.1, -0.05) is 137 Å². The molecule has 5 fully saturated rings. The first-order valence-electron chi connectivity index (χ1n) is 18.5. The van der Waals surface area contributed by atoms with Gasteiger partial charge in [-0.2, -0.15) is 0 Å². The number of hydrogen-bond acceptors (Lipinski definition) is 0. The van der Waals surface area contributed by atoms with E-state index in [1.807, 2.05) is 0 Å². The van der Waals surface area contributed by atoms with Gasteiger partial charge in [-0.15, -0.1) is 0 Å². The second kappa shape index (κ2) is 15.9. The third-order valence-electron chi connectivity index (χ3n) is 13.2. The van der Waals surface area contributed by atoms with E-state index in [9.17, 15) is 0 Å². The van der Waals surface area contributed by atoms with Crippen LogP contribution in [0.1, 0.15) is 176 Å². The van der Waals surface area contributed by atoms with Crippen LogP contribution >= 0.6 is 0 Å². The van der Waals surface area contributed by atoms with Gasteiger partial charge in [0.05, 0.1) is 0 Å². The van der Waals surface area contributed by atoms with Crippen molar-refractivity contribution >= 4 is 0 Å². The monoisotopic (exact) mass is 527 g/mol. The fourth-order valence-electron chi connectivity index (χ4n) is 11.0. The molecule has 0 heterocycles. The highest BCUT2D eigenvalue weighted by molar-refractivity contribution is 4.96. The van der Waals surface area contributed by atoms with Crippen molar-refractivity contribution in [1.29, 1.82) is 0 Å². The van der Waals surface area contributed by atoms with E-state index in [-0.39, 0.29) is 0 Å². The zero-order chi connectivity index (χ0) is 26.9. The fourth-order valence-corrected chi connectivity index (χ4v) is 11.0. The summed E-state index contributed by atoms with van der Waals surface area (Å²) < 4.78 is 0. The standard InChI is InChI=1S/C23H42.C15H28/c1-3-4-15-21-18(2)17-20-14-11-16-22(20)23(21)19-12-9-7-5-6-8-10-13-19;1-4-13-7-6-12(3)15(10-13)14-8-5-11(2)9-14/h18-23H,3-17H2,1-2H3;11-15H,4-10H2,1-3H3. The molecule has 0 aliphatic heterocycles. The molecule has 0 aromatic carbocycles. The molecule has 0 radical (unpaired) electrons. The van der Waals surface area contributed by atoms with E-state index in [0.29, 0.717) is 0 Å². The lowest BCUT2D eigenvalue weighted by Crippen LogP contribution is -2.41. The largest absolute Gasteiger partial charge is 0.0654 e. The summed E-state index contributed by atoms with van der Waals surface area (Å²) in [4.78, 5) is 0. The maximum Gasteiger partial charge on any atom is -0.0324 e. The van der Waals surface area contributed by atoms with E-state index in [4.69, 9.17) is 0 Å². The van der Waals surface area contributed by atoms with Gasteiger partial charge in [-0.25, -0.2) is 0 Å². The van der Waals surface area contributed by atoms with E-state index in [1.54, 1.807) is 51.4 Å². The molecule has 10 atom stereocenters. The summed E-state index contributed by atoms with van der Waals surface area (Å²) in [6.07, 6.45) is 33.5. The lowest BCUT2D eigenvalue weighted by atomic mass is 9.57. The molecular weight excluding hydrogens is 456 g/mol. The third kappa shape index (κ3) is 8.28. The fraction of sp³-hybridized carbons (Fsp3) is 1.00. The second-order valence-corrected chi connectivity index (χ2v) is 15.8. The Morgan fingerprint density at radius 2 is 1.21 bits per heavy atom. The van der Waals surface area contributed by atoms with E-state index in [0.717, 1.165) is 65.1 Å². The van der Waals surface area contributed by atoms with Crippen molar-refractivity contribution in [1.82, 2.24) is 0 Å². The van der Waals surface area contributed by atoms with Crippen LogP contribution in [0.15, 0.2) is 0 Å². The Hall–Kier alpha value is 0. The van der Waals surface area contributed by atoms with Gasteiger partial charge in [0.25, 0.3) is 0 Å². The smallest absolute Gasteiger partial charge is 0.0324 e. The first kappa shape index (κ1) is 30.9. The molecule has 0 bridgehead atoms. The molecule has 0 N–H and O–H groups in total. The summed E-state index contributed by atoms with van der Waals surface area (Å²) in [7, 11) is 0. The minimum atomic E-state index is 1.01. The van der Waals surface area contributed by atoms with Crippen LogP contribution in [0.4, 0.5) is 0 Å². The zero-order valence-electron chi connectivity index (χ0n) is 26.9. The molecule has 0 aromatic heterocycles. The molecule has 38 heavy (non-hydrogen) atoms. The Morgan fingerprint density at radius 3 is 1.87 bits per heavy atom. The molecule has 5 aliphatic carbocycles. The van der Waals surface area contributed by atoms with Gasteiger partial charge in [0.2, 0.25) is 0 Å². The average Bonchev–Trinajstić information content (AvgIpc) is 3.59. The van der Waals surface area contributed by atoms with Gasteiger partial charge in [0.15, 0.2) is 0 Å². The van der Waals surface area contributed by atoms with Crippen molar-refractivity contribution in [3.63, 3.8) is 0 Å². The van der Waals surface area contributed by atoms with Crippen LogP contribution in [0.25, 0.3) is 0 Å². The van der Waals surface area contributed by atoms with Crippen LogP contribution in [0.2, 0.25) is 0 Å². The normalized spacial score (nSPS) is 42.9. The lowest BCUT2D eigenvalue weighted by Gasteiger charge is -2.48. The molecule has 0 aromatic rings. The number of rotatable bonds is 6. The van der Waals surface area contributed by atoms with Crippen molar-refractivity contribution in [2.24, 2.45) is 65.1 Å². The van der Waals surface area contributed by atoms with Gasteiger partial charge >= 0.3 is 0 Å². The Bertz CT molecular complexity index is 626. The maximum absolute atomic E-state index is 2.62. The van der Waals surface area contributed by atoms with Crippen LogP contribution in [-0.4, -0.2) is 0 Å². The Labute approximate surface area is 240 Å². The number of hydrogen-bond donors (Lipinski definition) is 0. The summed E-state index contributed by atoms with van der Waals surface area (Å²) in [6.45, 7) is 12.4. The van der Waals surface area contributed by atoms with Gasteiger partial charge < -0.3 is 0 Å². The number of fused-ring (bicyclic) bond motifs is 1. The molecule has 5 rings (SSSR count). The summed E-state index contributed by atoms with van der Waals surface area (Å²) >= 11 is 0. The van der Waals surface area contributed by atoms with Crippen LogP contribution in [0.5, 0.6) is 0 Å². The molecule has 5 aliphatic rings. The topological polar surface area (TPSA) is 0 Å². The van der Waals surface area contributed by atoms with Crippen molar-refractivity contribution < 1.29 is 0 Å². The number of unbranched alkanes of at least 4 members (excludes halogenated alkanes) is 1. The molecule has 0 amide bonds. The van der Waals surface area contributed by atoms with Gasteiger partial charge in [0.1, 0.15) is 0 Å². The summed E-state index contributed by atoms with van der Waals surface area (Å²) in [6, 6.07) is 0. The summed E-state index contributed by atoms with van der Waals surface area (Å²) in [5.41, 5.74) is 0. The van der Waals surface area contributed by atoms with Gasteiger partial charge in [0, 0.05) is 0 Å². The van der Waals surface area contributed by atoms with Crippen LogP contribution in [-0.2, 0) is 0 Å². The van der Waals surface area contributed by atoms with Crippen molar-refractivity contribution in [2.45, 2.75) is 176 Å². The third-order valence-corrected chi connectivity index (χ3v) is 13.2. The van der Waals surface area contributed by atoms with Crippen LogP contribution in [0, 0.1) is 65.1 Å². The molecular formula is C38H70. The highest BCUT2D eigenvalue weighted by Gasteiger charge is 2.47. The molecule has 0 heteroatoms. The first-order chi connectivity index (χ1) is 18.5. The predicted molar refractivity (Wildman–Crippen MR) is 168 cm³/mol. The highest BCUT2D eigenvalue weighted by Crippen LogP contribution is 2.55. The van der Waals surface area contributed by atoms with Crippen molar-refractivity contribution in [2.75, 3.05) is 0 Å². The molecule has 0 nitrogen and oxygen atoms in total. The Morgan fingerprint density at radius 1 is 0.526 bits per heavy atom. The van der Waals surface area contributed by atoms with E-state index >= 15 is 0 Å². The Balaban J connectivity index is 0.000000194. The molecule has 0 saturated heterocycles. The summed E-state index contributed by atoms with van der Waals surface area (Å²) in [5.74, 6) is 11.8. The second-order valence-electron chi connectivity index (χ2n) is 15.8. The van der Waals surface area contributed by atoms with Gasteiger partial charge in [-0.3, -0.25) is 0 Å². The lowest BCUT2D eigenvalue weighted by molar-refractivity contribution is 0.00764. The molecule has 5 saturated carbocycles. The predicted octanol–water partition coefficient (Wildman–Crippen LogP) is 12.5. The zero-order valence-corrected chi connectivity index (χ0v) is 26.9. The molecule has 10 unspecified atom stereocenters.